The normalized spacial score (nSPS) is 11.9. The molecule has 2 N–H and O–H groups in total. The number of hydrogen-bond acceptors (Lipinski definition) is 5. The van der Waals surface area contributed by atoms with Crippen LogP contribution >= 0.6 is 27.7 Å². The second-order valence-electron chi connectivity index (χ2n) is 3.09. The fraction of sp³-hybridized carbons (Fsp3) is 0.273. The summed E-state index contributed by atoms with van der Waals surface area (Å²) in [6.07, 6.45) is 3.43. The lowest BCUT2D eigenvalue weighted by Gasteiger charge is -2.10. The second-order valence-corrected chi connectivity index (χ2v) is 4.71. The first-order chi connectivity index (χ1) is 8.63. The number of ether oxygens (including phenoxy) is 2. The van der Waals surface area contributed by atoms with E-state index in [1.165, 1.54) is 11.8 Å². The molecule has 0 heterocycles. The number of methoxy groups -OCH3 is 2. The van der Waals surface area contributed by atoms with Gasteiger partial charge in [0.1, 0.15) is 0 Å². The molecule has 0 aliphatic rings. The minimum absolute atomic E-state index is 0.405. The van der Waals surface area contributed by atoms with Crippen LogP contribution in [0.25, 0.3) is 0 Å². The molecule has 0 saturated carbocycles. The lowest BCUT2D eigenvalue weighted by molar-refractivity contribution is 0.353. The van der Waals surface area contributed by atoms with Gasteiger partial charge in [-0.05, 0) is 34.3 Å². The third kappa shape index (κ3) is 3.64. The van der Waals surface area contributed by atoms with Crippen LogP contribution in [0.5, 0.6) is 11.5 Å². The highest BCUT2D eigenvalue weighted by Crippen LogP contribution is 2.36. The van der Waals surface area contributed by atoms with E-state index < -0.39 is 0 Å². The van der Waals surface area contributed by atoms with Gasteiger partial charge >= 0.3 is 0 Å². The molecule has 0 unspecified atom stereocenters. The Hall–Kier alpha value is -1.21. The van der Waals surface area contributed by atoms with Crippen LogP contribution in [0.4, 0.5) is 0 Å². The van der Waals surface area contributed by atoms with E-state index in [0.717, 1.165) is 10.0 Å². The van der Waals surface area contributed by atoms with Gasteiger partial charge in [0.15, 0.2) is 16.7 Å². The van der Waals surface area contributed by atoms with Gasteiger partial charge in [0.25, 0.3) is 0 Å². The molecule has 0 bridgehead atoms. The Morgan fingerprint density at radius 3 is 2.67 bits per heavy atom. The molecule has 0 aliphatic carbocycles. The van der Waals surface area contributed by atoms with Crippen molar-refractivity contribution in [3.8, 4) is 11.5 Å². The highest BCUT2D eigenvalue weighted by molar-refractivity contribution is 9.10. The van der Waals surface area contributed by atoms with E-state index in [0.29, 0.717) is 16.7 Å². The maximum atomic E-state index is 5.52. The molecule has 5 nitrogen and oxygen atoms in total. The molecule has 0 radical (unpaired) electrons. The summed E-state index contributed by atoms with van der Waals surface area (Å²) < 4.78 is 11.2. The van der Waals surface area contributed by atoms with Crippen molar-refractivity contribution in [1.82, 2.24) is 0 Å². The topological polar surface area (TPSA) is 69.2 Å². The van der Waals surface area contributed by atoms with Crippen molar-refractivity contribution < 1.29 is 9.47 Å². The van der Waals surface area contributed by atoms with Crippen molar-refractivity contribution in [2.45, 2.75) is 0 Å². The average Bonchev–Trinajstić information content (AvgIpc) is 2.39. The van der Waals surface area contributed by atoms with Crippen molar-refractivity contribution in [1.29, 1.82) is 0 Å². The van der Waals surface area contributed by atoms with E-state index in [-0.39, 0.29) is 0 Å². The first-order valence-corrected chi connectivity index (χ1v) is 6.96. The minimum Gasteiger partial charge on any atom is -0.493 e. The van der Waals surface area contributed by atoms with E-state index in [1.54, 1.807) is 26.5 Å². The van der Waals surface area contributed by atoms with Crippen LogP contribution in [-0.4, -0.2) is 31.9 Å². The predicted octanol–water partition coefficient (Wildman–Crippen LogP) is 2.48. The van der Waals surface area contributed by atoms with Crippen LogP contribution in [0, 0.1) is 0 Å². The number of nitrogens with zero attached hydrogens (tertiary/aromatic N) is 2. The first kappa shape index (κ1) is 14.8. The zero-order valence-corrected chi connectivity index (χ0v) is 12.7. The van der Waals surface area contributed by atoms with Crippen molar-refractivity contribution in [2.24, 2.45) is 15.9 Å². The fourth-order valence-electron chi connectivity index (χ4n) is 1.19. The zero-order chi connectivity index (χ0) is 13.5. The van der Waals surface area contributed by atoms with E-state index in [4.69, 9.17) is 15.2 Å². The van der Waals surface area contributed by atoms with Crippen LogP contribution in [0.1, 0.15) is 5.56 Å². The number of thioether (sulfide) groups is 1. The Kier molecular flexibility index (Phi) is 6.00. The molecule has 0 saturated heterocycles. The van der Waals surface area contributed by atoms with Gasteiger partial charge in [-0.15, -0.1) is 5.10 Å². The van der Waals surface area contributed by atoms with E-state index in [1.807, 2.05) is 12.3 Å². The summed E-state index contributed by atoms with van der Waals surface area (Å²) >= 11 is 4.77. The quantitative estimate of drug-likeness (QED) is 0.522. The maximum absolute atomic E-state index is 5.52. The Labute approximate surface area is 119 Å². The van der Waals surface area contributed by atoms with E-state index in [2.05, 4.69) is 26.1 Å². The van der Waals surface area contributed by atoms with Crippen LogP contribution in [-0.2, 0) is 0 Å². The molecular formula is C11H14BrN3O2S. The maximum Gasteiger partial charge on any atom is 0.180 e. The molecule has 1 aromatic rings. The molecule has 0 amide bonds. The molecule has 1 aromatic carbocycles. The Bertz CT molecular complexity index is 478. The number of benzene rings is 1. The van der Waals surface area contributed by atoms with Crippen molar-refractivity contribution in [3.05, 3.63) is 22.2 Å². The third-order valence-electron chi connectivity index (χ3n) is 2.08. The van der Waals surface area contributed by atoms with Gasteiger partial charge < -0.3 is 15.2 Å². The lowest BCUT2D eigenvalue weighted by atomic mass is 10.2. The van der Waals surface area contributed by atoms with Gasteiger partial charge in [0.05, 0.1) is 24.9 Å². The smallest absolute Gasteiger partial charge is 0.180 e. The standard InChI is InChI=1S/C11H14BrN3O2S/c1-16-8-5-4-7(9(12)10(8)17-2)6-14-15-11(13)18-3/h4-6H,1-3H3,(H2,13,15)/b14-6-. The highest BCUT2D eigenvalue weighted by Gasteiger charge is 2.11. The van der Waals surface area contributed by atoms with Gasteiger partial charge in [-0.1, -0.05) is 11.8 Å². The van der Waals surface area contributed by atoms with Crippen molar-refractivity contribution in [3.63, 3.8) is 0 Å². The molecule has 98 valence electrons. The molecule has 7 heteroatoms. The Morgan fingerprint density at radius 1 is 1.39 bits per heavy atom. The minimum atomic E-state index is 0.405. The summed E-state index contributed by atoms with van der Waals surface area (Å²) in [6.45, 7) is 0. The number of nitrogens with two attached hydrogens (primary N) is 1. The van der Waals surface area contributed by atoms with Crippen LogP contribution in [0.15, 0.2) is 26.8 Å². The second kappa shape index (κ2) is 7.27. The monoisotopic (exact) mass is 331 g/mol. The Morgan fingerprint density at radius 2 is 2.11 bits per heavy atom. The molecule has 18 heavy (non-hydrogen) atoms. The van der Waals surface area contributed by atoms with Crippen LogP contribution < -0.4 is 15.2 Å². The van der Waals surface area contributed by atoms with Crippen LogP contribution in [0.2, 0.25) is 0 Å². The van der Waals surface area contributed by atoms with Gasteiger partial charge in [0, 0.05) is 5.56 Å². The van der Waals surface area contributed by atoms with Gasteiger partial charge in [0.2, 0.25) is 0 Å². The van der Waals surface area contributed by atoms with E-state index in [9.17, 15) is 0 Å². The molecule has 1 rings (SSSR count). The van der Waals surface area contributed by atoms with Crippen molar-refractivity contribution in [2.75, 3.05) is 20.5 Å². The largest absolute Gasteiger partial charge is 0.493 e. The van der Waals surface area contributed by atoms with Crippen molar-refractivity contribution >= 4 is 39.1 Å². The van der Waals surface area contributed by atoms with Crippen LogP contribution in [0.3, 0.4) is 0 Å². The van der Waals surface area contributed by atoms with Gasteiger partial charge in [-0.25, -0.2) is 0 Å². The summed E-state index contributed by atoms with van der Waals surface area (Å²) in [7, 11) is 3.16. The number of hydrogen-bond donors (Lipinski definition) is 1. The Balaban J connectivity index is 3.05. The number of rotatable bonds is 4. The lowest BCUT2D eigenvalue weighted by Crippen LogP contribution is -2.04. The predicted molar refractivity (Wildman–Crippen MR) is 80.0 cm³/mol. The summed E-state index contributed by atoms with van der Waals surface area (Å²) in [6, 6.07) is 3.65. The number of halogens is 1. The highest BCUT2D eigenvalue weighted by atomic mass is 79.9. The number of amidine groups is 1. The molecule has 0 atom stereocenters. The summed E-state index contributed by atoms with van der Waals surface area (Å²) in [5.74, 6) is 1.26. The first-order valence-electron chi connectivity index (χ1n) is 4.95. The molecular weight excluding hydrogens is 318 g/mol. The average molecular weight is 332 g/mol. The van der Waals surface area contributed by atoms with Gasteiger partial charge in [-0.2, -0.15) is 5.10 Å². The van der Waals surface area contributed by atoms with E-state index >= 15 is 0 Å². The summed E-state index contributed by atoms with van der Waals surface area (Å²) in [5.41, 5.74) is 6.34. The fourth-order valence-corrected chi connectivity index (χ4v) is 1.91. The third-order valence-corrected chi connectivity index (χ3v) is 3.40. The molecule has 0 aliphatic heterocycles. The molecule has 0 aromatic heterocycles. The van der Waals surface area contributed by atoms with Gasteiger partial charge in [-0.3, -0.25) is 0 Å². The zero-order valence-electron chi connectivity index (χ0n) is 10.3. The molecule has 0 fully saturated rings. The molecule has 0 spiro atoms. The SMILES string of the molecule is COc1ccc(/C=N\N=C(/N)SC)c(Br)c1OC. The summed E-state index contributed by atoms with van der Waals surface area (Å²) in [4.78, 5) is 0. The summed E-state index contributed by atoms with van der Waals surface area (Å²) in [5, 5.41) is 8.11.